The van der Waals surface area contributed by atoms with Gasteiger partial charge in [0.15, 0.2) is 0 Å². The molecule has 0 unspecified atom stereocenters. The molecule has 1 N–H and O–H groups in total. The highest BCUT2D eigenvalue weighted by Gasteiger charge is 1.92. The normalized spacial score (nSPS) is 8.75. The van der Waals surface area contributed by atoms with E-state index in [0.29, 0.717) is 6.61 Å². The Morgan fingerprint density at radius 1 is 1.88 bits per heavy atom. The minimum Gasteiger partial charge on any atom is -0.274 e. The van der Waals surface area contributed by atoms with Gasteiger partial charge in [0.05, 0.1) is 11.9 Å². The highest BCUT2D eigenvalue weighted by atomic mass is 79.9. The van der Waals surface area contributed by atoms with Crippen LogP contribution in [-0.4, -0.2) is 17.8 Å². The fourth-order valence-electron chi connectivity index (χ4n) is 0.180. The third-order valence-electron chi connectivity index (χ3n) is 0.452. The average Bonchev–Trinajstić information content (AvgIpc) is 1.83. The van der Waals surface area contributed by atoms with Gasteiger partial charge in [-0.1, -0.05) is 15.9 Å². The molecule has 0 aliphatic carbocycles. The first-order valence-corrected chi connectivity index (χ1v) is 3.40. The van der Waals surface area contributed by atoms with Crippen LogP contribution in [0.15, 0.2) is 0 Å². The van der Waals surface area contributed by atoms with Gasteiger partial charge in [-0.25, -0.2) is 5.48 Å². The van der Waals surface area contributed by atoms with Crippen LogP contribution in [-0.2, 0) is 9.63 Å². The number of hydrogen-bond donors (Lipinski definition) is 1. The summed E-state index contributed by atoms with van der Waals surface area (Å²) in [4.78, 5) is 14.8. The van der Waals surface area contributed by atoms with Crippen molar-refractivity contribution in [3.8, 4) is 0 Å². The van der Waals surface area contributed by atoms with E-state index in [0.717, 1.165) is 0 Å². The zero-order chi connectivity index (χ0) is 6.41. The van der Waals surface area contributed by atoms with Crippen LogP contribution in [0.1, 0.15) is 6.92 Å². The number of carbonyl (C=O) groups excluding carboxylic acids is 1. The Morgan fingerprint density at radius 2 is 2.50 bits per heavy atom. The van der Waals surface area contributed by atoms with Crippen LogP contribution in [0.3, 0.4) is 0 Å². The van der Waals surface area contributed by atoms with Crippen LogP contribution in [0.2, 0.25) is 0 Å². The van der Waals surface area contributed by atoms with Crippen LogP contribution in [0.4, 0.5) is 0 Å². The molecule has 0 aromatic carbocycles. The van der Waals surface area contributed by atoms with Crippen molar-refractivity contribution in [3.63, 3.8) is 0 Å². The summed E-state index contributed by atoms with van der Waals surface area (Å²) in [5, 5.41) is 0.285. The lowest BCUT2D eigenvalue weighted by Crippen LogP contribution is -2.24. The first kappa shape index (κ1) is 7.91. The summed E-state index contributed by atoms with van der Waals surface area (Å²) >= 11 is 2.95. The largest absolute Gasteiger partial charge is 0.274 e. The number of halogens is 1. The van der Waals surface area contributed by atoms with Crippen LogP contribution >= 0.6 is 15.9 Å². The van der Waals surface area contributed by atoms with Crippen molar-refractivity contribution in [2.75, 3.05) is 11.9 Å². The van der Waals surface area contributed by atoms with Crippen LogP contribution < -0.4 is 5.48 Å². The van der Waals surface area contributed by atoms with Gasteiger partial charge in [-0.3, -0.25) is 9.63 Å². The fraction of sp³-hybridized carbons (Fsp3) is 0.750. The molecule has 0 bridgehead atoms. The number of hydroxylamine groups is 1. The van der Waals surface area contributed by atoms with E-state index in [1.165, 1.54) is 0 Å². The second kappa shape index (κ2) is 5.05. The van der Waals surface area contributed by atoms with Crippen LogP contribution in [0, 0.1) is 0 Å². The number of carbonyl (C=O) groups is 1. The van der Waals surface area contributed by atoms with E-state index in [2.05, 4.69) is 26.2 Å². The monoisotopic (exact) mass is 181 g/mol. The molecule has 0 radical (unpaired) electrons. The molecule has 3 nitrogen and oxygen atoms in total. The summed E-state index contributed by atoms with van der Waals surface area (Å²) in [7, 11) is 0. The lowest BCUT2D eigenvalue weighted by atomic mass is 10.8. The molecule has 0 spiro atoms. The van der Waals surface area contributed by atoms with Crippen LogP contribution in [0.5, 0.6) is 0 Å². The third-order valence-corrected chi connectivity index (χ3v) is 0.961. The number of hydrogen-bond acceptors (Lipinski definition) is 2. The summed E-state index contributed by atoms with van der Waals surface area (Å²) in [5.74, 6) is -0.160. The Hall–Kier alpha value is -0.0900. The molecular weight excluding hydrogens is 174 g/mol. The van der Waals surface area contributed by atoms with E-state index in [4.69, 9.17) is 0 Å². The maximum Gasteiger partial charge on any atom is 0.254 e. The van der Waals surface area contributed by atoms with E-state index < -0.39 is 0 Å². The molecule has 48 valence electrons. The molecule has 8 heavy (non-hydrogen) atoms. The standard InChI is InChI=1S/C4H8BrNO2/c1-2-8-6-4(7)3-5/h2-3H2,1H3,(H,6,7). The number of rotatable bonds is 3. The molecular formula is C4H8BrNO2. The van der Waals surface area contributed by atoms with Crippen molar-refractivity contribution < 1.29 is 9.63 Å². The topological polar surface area (TPSA) is 38.3 Å². The van der Waals surface area contributed by atoms with Crippen molar-refractivity contribution in [2.45, 2.75) is 6.92 Å². The second-order valence-corrected chi connectivity index (χ2v) is 1.65. The Balaban J connectivity index is 2.99. The van der Waals surface area contributed by atoms with E-state index in [9.17, 15) is 4.79 Å². The number of amides is 1. The van der Waals surface area contributed by atoms with Crippen LogP contribution in [0.25, 0.3) is 0 Å². The van der Waals surface area contributed by atoms with Gasteiger partial charge >= 0.3 is 0 Å². The molecule has 0 aliphatic heterocycles. The quantitative estimate of drug-likeness (QED) is 0.508. The third kappa shape index (κ3) is 4.08. The first-order valence-electron chi connectivity index (χ1n) is 2.27. The Labute approximate surface area is 56.5 Å². The van der Waals surface area contributed by atoms with Gasteiger partial charge in [-0.2, -0.15) is 0 Å². The smallest absolute Gasteiger partial charge is 0.254 e. The van der Waals surface area contributed by atoms with Gasteiger partial charge in [-0.05, 0) is 6.92 Å². The fourth-order valence-corrected chi connectivity index (χ4v) is 0.294. The minimum atomic E-state index is -0.160. The first-order chi connectivity index (χ1) is 3.81. The molecule has 0 rings (SSSR count). The second-order valence-electron chi connectivity index (χ2n) is 1.09. The van der Waals surface area contributed by atoms with Gasteiger partial charge in [0.2, 0.25) is 0 Å². The summed E-state index contributed by atoms with van der Waals surface area (Å²) in [6.45, 7) is 2.30. The molecule has 0 aromatic heterocycles. The Bertz CT molecular complexity index is 76.4. The number of nitrogens with one attached hydrogen (secondary N) is 1. The van der Waals surface area contributed by atoms with Gasteiger partial charge in [-0.15, -0.1) is 0 Å². The Morgan fingerprint density at radius 3 is 2.88 bits per heavy atom. The van der Waals surface area contributed by atoms with Crippen molar-refractivity contribution in [1.29, 1.82) is 0 Å². The lowest BCUT2D eigenvalue weighted by molar-refractivity contribution is -0.130. The van der Waals surface area contributed by atoms with E-state index >= 15 is 0 Å². The summed E-state index contributed by atoms with van der Waals surface area (Å²) < 4.78 is 0. The summed E-state index contributed by atoms with van der Waals surface area (Å²) in [5.41, 5.74) is 2.20. The van der Waals surface area contributed by atoms with Gasteiger partial charge in [0.1, 0.15) is 0 Å². The molecule has 0 fully saturated rings. The SMILES string of the molecule is CCONC(=O)CBr. The van der Waals surface area contributed by atoms with E-state index in [1.54, 1.807) is 6.92 Å². The Kier molecular flexibility index (Phi) is 5.00. The molecule has 0 atom stereocenters. The lowest BCUT2D eigenvalue weighted by Gasteiger charge is -1.97. The zero-order valence-electron chi connectivity index (χ0n) is 4.61. The van der Waals surface area contributed by atoms with Crippen molar-refractivity contribution in [2.24, 2.45) is 0 Å². The zero-order valence-corrected chi connectivity index (χ0v) is 6.19. The molecule has 0 aromatic rings. The van der Waals surface area contributed by atoms with Crippen molar-refractivity contribution in [1.82, 2.24) is 5.48 Å². The minimum absolute atomic E-state index is 0.160. The number of alkyl halides is 1. The highest BCUT2D eigenvalue weighted by Crippen LogP contribution is 1.77. The van der Waals surface area contributed by atoms with E-state index in [1.807, 2.05) is 0 Å². The van der Waals surface area contributed by atoms with Gasteiger partial charge < -0.3 is 0 Å². The molecule has 1 amide bonds. The van der Waals surface area contributed by atoms with Crippen molar-refractivity contribution in [3.05, 3.63) is 0 Å². The highest BCUT2D eigenvalue weighted by molar-refractivity contribution is 9.09. The summed E-state index contributed by atoms with van der Waals surface area (Å²) in [6, 6.07) is 0. The molecule has 4 heteroatoms. The van der Waals surface area contributed by atoms with E-state index in [-0.39, 0.29) is 11.2 Å². The maximum atomic E-state index is 10.3. The maximum absolute atomic E-state index is 10.3. The predicted octanol–water partition coefficient (Wildman–Crippen LogP) is 0.449. The van der Waals surface area contributed by atoms with Gasteiger partial charge in [0, 0.05) is 0 Å². The predicted molar refractivity (Wildman–Crippen MR) is 33.6 cm³/mol. The van der Waals surface area contributed by atoms with Gasteiger partial charge in [0.25, 0.3) is 5.91 Å². The molecule has 0 aliphatic rings. The van der Waals surface area contributed by atoms with Crippen molar-refractivity contribution >= 4 is 21.8 Å². The molecule has 0 heterocycles. The average molecular weight is 182 g/mol. The summed E-state index contributed by atoms with van der Waals surface area (Å²) in [6.07, 6.45) is 0. The molecule has 0 saturated carbocycles. The molecule has 0 saturated heterocycles.